The van der Waals surface area contributed by atoms with Crippen molar-refractivity contribution in [3.63, 3.8) is 0 Å². The maximum Gasteiger partial charge on any atom is 0.244 e. The van der Waals surface area contributed by atoms with Crippen molar-refractivity contribution in [1.82, 2.24) is 14.5 Å². The van der Waals surface area contributed by atoms with E-state index < -0.39 is 5.82 Å². The third-order valence-corrected chi connectivity index (χ3v) is 6.37. The standard InChI is InChI=1S/C26H26ClFN6O/c1-17-24(28)25(32-26(30-17)33-11-2-3-12-33)29-15-18-4-7-21(8-5-18)31-23(35)16-34-13-10-19-14-20(27)6-9-22(19)34/h4-10,13-14H,2-3,11-12,15-16H2,1H3,(H,31,35)(H,29,30,32). The van der Waals surface area contributed by atoms with Crippen LogP contribution in [0.4, 0.5) is 21.8 Å². The molecule has 0 unspecified atom stereocenters. The van der Waals surface area contributed by atoms with Crippen molar-refractivity contribution < 1.29 is 9.18 Å². The lowest BCUT2D eigenvalue weighted by Crippen LogP contribution is -2.22. The number of aryl methyl sites for hydroxylation is 1. The van der Waals surface area contributed by atoms with Crippen LogP contribution in [0.5, 0.6) is 0 Å². The van der Waals surface area contributed by atoms with Crippen LogP contribution in [0.2, 0.25) is 5.02 Å². The van der Waals surface area contributed by atoms with Crippen LogP contribution in [-0.4, -0.2) is 33.5 Å². The van der Waals surface area contributed by atoms with Gasteiger partial charge in [0.15, 0.2) is 11.6 Å². The summed E-state index contributed by atoms with van der Waals surface area (Å²) in [5.41, 5.74) is 2.92. The average Bonchev–Trinajstić information content (AvgIpc) is 3.51. The zero-order valence-electron chi connectivity index (χ0n) is 19.4. The van der Waals surface area contributed by atoms with Crippen LogP contribution in [0.1, 0.15) is 24.1 Å². The first kappa shape index (κ1) is 23.1. The van der Waals surface area contributed by atoms with Gasteiger partial charge in [-0.2, -0.15) is 4.98 Å². The molecule has 7 nitrogen and oxygen atoms in total. The van der Waals surface area contributed by atoms with E-state index in [1.54, 1.807) is 6.92 Å². The molecule has 1 amide bonds. The van der Waals surface area contributed by atoms with E-state index in [0.717, 1.165) is 42.4 Å². The normalized spacial score (nSPS) is 13.4. The van der Waals surface area contributed by atoms with E-state index in [1.165, 1.54) is 0 Å². The topological polar surface area (TPSA) is 75.1 Å². The average molecular weight is 493 g/mol. The van der Waals surface area contributed by atoms with Crippen LogP contribution in [0, 0.1) is 12.7 Å². The maximum atomic E-state index is 14.6. The Morgan fingerprint density at radius 3 is 2.63 bits per heavy atom. The van der Waals surface area contributed by atoms with E-state index >= 15 is 0 Å². The number of benzene rings is 2. The molecule has 1 saturated heterocycles. The van der Waals surface area contributed by atoms with Gasteiger partial charge in [0, 0.05) is 47.4 Å². The molecular formula is C26H26ClFN6O. The minimum atomic E-state index is -0.434. The summed E-state index contributed by atoms with van der Waals surface area (Å²) < 4.78 is 16.5. The Bertz CT molecular complexity index is 1360. The van der Waals surface area contributed by atoms with Crippen LogP contribution >= 0.6 is 11.6 Å². The number of anilines is 3. The summed E-state index contributed by atoms with van der Waals surface area (Å²) in [5.74, 6) is 0.213. The molecule has 2 N–H and O–H groups in total. The van der Waals surface area contributed by atoms with Crippen molar-refractivity contribution in [3.05, 3.63) is 76.8 Å². The van der Waals surface area contributed by atoms with Crippen molar-refractivity contribution in [2.45, 2.75) is 32.9 Å². The first-order valence-electron chi connectivity index (χ1n) is 11.6. The molecule has 9 heteroatoms. The third-order valence-electron chi connectivity index (χ3n) is 6.14. The van der Waals surface area contributed by atoms with Gasteiger partial charge in [-0.1, -0.05) is 23.7 Å². The second kappa shape index (κ2) is 9.92. The van der Waals surface area contributed by atoms with Gasteiger partial charge in [0.05, 0.1) is 5.69 Å². The van der Waals surface area contributed by atoms with Crippen LogP contribution < -0.4 is 15.5 Å². The fourth-order valence-electron chi connectivity index (χ4n) is 4.28. The zero-order chi connectivity index (χ0) is 24.4. The second-order valence-electron chi connectivity index (χ2n) is 8.71. The monoisotopic (exact) mass is 492 g/mol. The number of aromatic nitrogens is 3. The van der Waals surface area contributed by atoms with Gasteiger partial charge in [0.25, 0.3) is 0 Å². The summed E-state index contributed by atoms with van der Waals surface area (Å²) in [5, 5.41) is 7.67. The molecule has 0 bridgehead atoms. The van der Waals surface area contributed by atoms with Crippen molar-refractivity contribution >= 4 is 45.9 Å². The Balaban J connectivity index is 1.20. The molecular weight excluding hydrogens is 467 g/mol. The molecule has 0 radical (unpaired) electrons. The van der Waals surface area contributed by atoms with Crippen LogP contribution in [0.25, 0.3) is 10.9 Å². The molecule has 1 aliphatic heterocycles. The van der Waals surface area contributed by atoms with Crippen LogP contribution in [-0.2, 0) is 17.9 Å². The lowest BCUT2D eigenvalue weighted by atomic mass is 10.2. The van der Waals surface area contributed by atoms with Gasteiger partial charge < -0.3 is 20.1 Å². The van der Waals surface area contributed by atoms with E-state index in [2.05, 4.69) is 25.5 Å². The highest BCUT2D eigenvalue weighted by molar-refractivity contribution is 6.31. The molecule has 0 saturated carbocycles. The number of amides is 1. The highest BCUT2D eigenvalue weighted by atomic mass is 35.5. The molecule has 4 aromatic rings. The predicted octanol–water partition coefficient (Wildman–Crippen LogP) is 5.38. The number of carbonyl (C=O) groups is 1. The molecule has 5 rings (SSSR count). The minimum absolute atomic E-state index is 0.128. The largest absolute Gasteiger partial charge is 0.363 e. The fraction of sp³-hybridized carbons (Fsp3) is 0.269. The molecule has 0 spiro atoms. The van der Waals surface area contributed by atoms with Gasteiger partial charge in [-0.05, 0) is 61.7 Å². The van der Waals surface area contributed by atoms with Gasteiger partial charge in [0.2, 0.25) is 11.9 Å². The number of nitrogens with one attached hydrogen (secondary N) is 2. The highest BCUT2D eigenvalue weighted by Crippen LogP contribution is 2.23. The van der Waals surface area contributed by atoms with E-state index in [9.17, 15) is 9.18 Å². The molecule has 1 aliphatic rings. The Hall–Kier alpha value is -3.65. The lowest BCUT2D eigenvalue weighted by Gasteiger charge is -2.17. The maximum absolute atomic E-state index is 14.6. The Morgan fingerprint density at radius 1 is 1.09 bits per heavy atom. The number of nitrogens with zero attached hydrogens (tertiary/aromatic N) is 4. The second-order valence-corrected chi connectivity index (χ2v) is 9.15. The van der Waals surface area contributed by atoms with Crippen molar-refractivity contribution in [2.75, 3.05) is 28.6 Å². The minimum Gasteiger partial charge on any atom is -0.363 e. The lowest BCUT2D eigenvalue weighted by molar-refractivity contribution is -0.116. The Morgan fingerprint density at radius 2 is 1.86 bits per heavy atom. The molecule has 0 aliphatic carbocycles. The number of rotatable bonds is 7. The van der Waals surface area contributed by atoms with Crippen molar-refractivity contribution in [3.8, 4) is 0 Å². The summed E-state index contributed by atoms with van der Waals surface area (Å²) in [6, 6.07) is 15.0. The predicted molar refractivity (Wildman–Crippen MR) is 138 cm³/mol. The number of carbonyl (C=O) groups excluding carboxylic acids is 1. The van der Waals surface area contributed by atoms with Gasteiger partial charge in [-0.3, -0.25) is 4.79 Å². The van der Waals surface area contributed by atoms with Gasteiger partial charge in [0.1, 0.15) is 6.54 Å². The number of fused-ring (bicyclic) bond motifs is 1. The Labute approximate surface area is 207 Å². The SMILES string of the molecule is Cc1nc(N2CCCC2)nc(NCc2ccc(NC(=O)Cn3ccc4cc(Cl)ccc43)cc2)c1F. The summed E-state index contributed by atoms with van der Waals surface area (Å²) in [7, 11) is 0. The van der Waals surface area contributed by atoms with Gasteiger partial charge >= 0.3 is 0 Å². The number of hydrogen-bond acceptors (Lipinski definition) is 5. The van der Waals surface area contributed by atoms with E-state index in [4.69, 9.17) is 11.6 Å². The molecule has 1 fully saturated rings. The Kier molecular flexibility index (Phi) is 6.55. The van der Waals surface area contributed by atoms with Gasteiger partial charge in [-0.15, -0.1) is 0 Å². The van der Waals surface area contributed by atoms with E-state index in [0.29, 0.717) is 28.9 Å². The fourth-order valence-corrected chi connectivity index (χ4v) is 4.46. The van der Waals surface area contributed by atoms with Crippen LogP contribution in [0.3, 0.4) is 0 Å². The van der Waals surface area contributed by atoms with Crippen LogP contribution in [0.15, 0.2) is 54.7 Å². The summed E-state index contributed by atoms with van der Waals surface area (Å²) >= 11 is 6.04. The van der Waals surface area contributed by atoms with Crippen molar-refractivity contribution in [1.29, 1.82) is 0 Å². The molecule has 3 heterocycles. The molecule has 2 aromatic carbocycles. The van der Waals surface area contributed by atoms with E-state index in [-0.39, 0.29) is 18.3 Å². The quantitative estimate of drug-likeness (QED) is 0.362. The first-order chi connectivity index (χ1) is 17.0. The molecule has 180 valence electrons. The zero-order valence-corrected chi connectivity index (χ0v) is 20.1. The molecule has 35 heavy (non-hydrogen) atoms. The third kappa shape index (κ3) is 5.22. The van der Waals surface area contributed by atoms with Gasteiger partial charge in [-0.25, -0.2) is 9.37 Å². The summed E-state index contributed by atoms with van der Waals surface area (Å²) in [6.45, 7) is 4.04. The summed E-state index contributed by atoms with van der Waals surface area (Å²) in [4.78, 5) is 23.4. The number of hydrogen-bond donors (Lipinski definition) is 2. The first-order valence-corrected chi connectivity index (χ1v) is 12.0. The smallest absolute Gasteiger partial charge is 0.244 e. The van der Waals surface area contributed by atoms with Crippen molar-refractivity contribution in [2.24, 2.45) is 0 Å². The van der Waals surface area contributed by atoms with E-state index in [1.807, 2.05) is 59.3 Å². The summed E-state index contributed by atoms with van der Waals surface area (Å²) in [6.07, 6.45) is 4.07. The molecule has 2 aromatic heterocycles. The highest BCUT2D eigenvalue weighted by Gasteiger charge is 2.19. The molecule has 0 atom stereocenters. The number of halogens is 2.